The maximum atomic E-state index is 11.8. The molecule has 0 atom stereocenters. The third-order valence-electron chi connectivity index (χ3n) is 5.68. The number of carbonyl (C=O) groups is 1. The molecule has 0 saturated carbocycles. The number of anilines is 4. The Morgan fingerprint density at radius 1 is 1.18 bits per heavy atom. The SMILES string of the molecule is Cc1cc(N(C)c2nc(C(=O)O)c(C3CCNCC3)s2)nnc1Nc1nc2ccccc2s1. The van der Waals surface area contributed by atoms with Gasteiger partial charge in [-0.05, 0) is 62.5 Å². The lowest BCUT2D eigenvalue weighted by Gasteiger charge is -2.21. The molecule has 0 amide bonds. The number of carboxylic acids is 1. The number of aromatic nitrogens is 4. The molecule has 1 saturated heterocycles. The van der Waals surface area contributed by atoms with Crippen LogP contribution in [0, 0.1) is 6.92 Å². The van der Waals surface area contributed by atoms with E-state index in [4.69, 9.17) is 0 Å². The van der Waals surface area contributed by atoms with Crippen LogP contribution in [0.5, 0.6) is 0 Å². The van der Waals surface area contributed by atoms with Crippen LogP contribution in [-0.4, -0.2) is 51.4 Å². The van der Waals surface area contributed by atoms with Gasteiger partial charge in [0.25, 0.3) is 0 Å². The van der Waals surface area contributed by atoms with E-state index < -0.39 is 5.97 Å². The molecular formula is C22H23N7O2S2. The lowest BCUT2D eigenvalue weighted by Crippen LogP contribution is -2.27. The van der Waals surface area contributed by atoms with Crippen molar-refractivity contribution in [2.24, 2.45) is 0 Å². The number of thiazole rings is 2. The highest BCUT2D eigenvalue weighted by molar-refractivity contribution is 7.22. The summed E-state index contributed by atoms with van der Waals surface area (Å²) in [6.07, 6.45) is 1.83. The van der Waals surface area contributed by atoms with Gasteiger partial charge in [0.15, 0.2) is 27.6 Å². The quantitative estimate of drug-likeness (QED) is 0.365. The van der Waals surface area contributed by atoms with Crippen LogP contribution < -0.4 is 15.5 Å². The standard InChI is InChI=1S/C22H23N7O2S2/c1-12-11-16(27-28-19(12)26-21-24-14-5-3-4-6-15(14)32-21)29(2)22-25-17(20(30)31)18(33-22)13-7-9-23-10-8-13/h3-6,11,13,23H,7-10H2,1-2H3,(H,30,31)(H,24,26,28). The number of piperidine rings is 1. The molecule has 5 rings (SSSR count). The summed E-state index contributed by atoms with van der Waals surface area (Å²) in [5.74, 6) is 0.458. The lowest BCUT2D eigenvalue weighted by atomic mass is 9.95. The van der Waals surface area contributed by atoms with Gasteiger partial charge in [-0.1, -0.05) is 23.5 Å². The second-order valence-electron chi connectivity index (χ2n) is 7.94. The van der Waals surface area contributed by atoms with Gasteiger partial charge in [0, 0.05) is 11.9 Å². The number of nitrogens with one attached hydrogen (secondary N) is 2. The van der Waals surface area contributed by atoms with Crippen molar-refractivity contribution in [1.29, 1.82) is 0 Å². The summed E-state index contributed by atoms with van der Waals surface area (Å²) < 4.78 is 1.10. The molecule has 0 unspecified atom stereocenters. The fourth-order valence-corrected chi connectivity index (χ4v) is 5.92. The first-order chi connectivity index (χ1) is 16.0. The van der Waals surface area contributed by atoms with Crippen LogP contribution in [0.4, 0.5) is 21.9 Å². The third kappa shape index (κ3) is 4.39. The molecule has 4 heterocycles. The number of benzene rings is 1. The Hall–Kier alpha value is -3.15. The second-order valence-corrected chi connectivity index (χ2v) is 9.98. The van der Waals surface area contributed by atoms with Crippen molar-refractivity contribution in [3.8, 4) is 0 Å². The maximum Gasteiger partial charge on any atom is 0.355 e. The van der Waals surface area contributed by atoms with E-state index in [0.717, 1.165) is 51.7 Å². The largest absolute Gasteiger partial charge is 0.476 e. The monoisotopic (exact) mass is 481 g/mol. The third-order valence-corrected chi connectivity index (χ3v) is 7.92. The van der Waals surface area contributed by atoms with Gasteiger partial charge in [-0.3, -0.25) is 0 Å². The van der Waals surface area contributed by atoms with Crippen LogP contribution in [0.25, 0.3) is 10.2 Å². The highest BCUT2D eigenvalue weighted by Crippen LogP contribution is 2.38. The van der Waals surface area contributed by atoms with Gasteiger partial charge in [-0.2, -0.15) is 0 Å². The van der Waals surface area contributed by atoms with Gasteiger partial charge in [0.05, 0.1) is 10.2 Å². The number of aromatic carboxylic acids is 1. The van der Waals surface area contributed by atoms with E-state index in [1.54, 1.807) is 16.2 Å². The van der Waals surface area contributed by atoms with E-state index in [1.807, 2.05) is 44.3 Å². The average Bonchev–Trinajstić information content (AvgIpc) is 3.45. The first-order valence-corrected chi connectivity index (χ1v) is 12.3. The molecule has 0 aliphatic carbocycles. The number of para-hydroxylation sites is 1. The molecule has 0 bridgehead atoms. The minimum Gasteiger partial charge on any atom is -0.476 e. The van der Waals surface area contributed by atoms with Gasteiger partial charge >= 0.3 is 5.97 Å². The molecule has 9 nitrogen and oxygen atoms in total. The highest BCUT2D eigenvalue weighted by atomic mass is 32.1. The molecule has 170 valence electrons. The van der Waals surface area contributed by atoms with Crippen LogP contribution in [0.2, 0.25) is 0 Å². The summed E-state index contributed by atoms with van der Waals surface area (Å²) in [7, 11) is 1.83. The summed E-state index contributed by atoms with van der Waals surface area (Å²) in [6.45, 7) is 3.73. The van der Waals surface area contributed by atoms with Gasteiger partial charge in [0.2, 0.25) is 0 Å². The molecule has 0 radical (unpaired) electrons. The van der Waals surface area contributed by atoms with E-state index in [2.05, 4.69) is 30.8 Å². The molecule has 4 aromatic rings. The number of aryl methyl sites for hydroxylation is 1. The Bertz CT molecular complexity index is 1280. The topological polar surface area (TPSA) is 116 Å². The molecular weight excluding hydrogens is 458 g/mol. The molecule has 1 aliphatic rings. The first-order valence-electron chi connectivity index (χ1n) is 10.6. The zero-order valence-electron chi connectivity index (χ0n) is 18.2. The van der Waals surface area contributed by atoms with Crippen molar-refractivity contribution in [3.63, 3.8) is 0 Å². The minimum absolute atomic E-state index is 0.146. The summed E-state index contributed by atoms with van der Waals surface area (Å²) in [4.78, 5) is 23.5. The number of hydrogen-bond acceptors (Lipinski definition) is 10. The van der Waals surface area contributed by atoms with E-state index >= 15 is 0 Å². The Balaban J connectivity index is 1.39. The number of nitrogens with zero attached hydrogens (tertiary/aromatic N) is 5. The fourth-order valence-electron chi connectivity index (χ4n) is 3.86. The van der Waals surface area contributed by atoms with E-state index in [0.29, 0.717) is 16.8 Å². The van der Waals surface area contributed by atoms with Gasteiger partial charge in [-0.15, -0.1) is 21.5 Å². The van der Waals surface area contributed by atoms with Crippen molar-refractivity contribution >= 4 is 60.8 Å². The Kier molecular flexibility index (Phi) is 5.92. The van der Waals surface area contributed by atoms with Crippen LogP contribution in [0.1, 0.15) is 39.7 Å². The summed E-state index contributed by atoms with van der Waals surface area (Å²) in [6, 6.07) is 9.88. The lowest BCUT2D eigenvalue weighted by molar-refractivity contribution is 0.0689. The number of fused-ring (bicyclic) bond motifs is 1. The Labute approximate surface area is 198 Å². The van der Waals surface area contributed by atoms with Crippen LogP contribution in [-0.2, 0) is 0 Å². The molecule has 3 aromatic heterocycles. The molecule has 1 aliphatic heterocycles. The summed E-state index contributed by atoms with van der Waals surface area (Å²) in [5, 5.41) is 26.4. The number of rotatable bonds is 6. The zero-order chi connectivity index (χ0) is 22.9. The van der Waals surface area contributed by atoms with Crippen molar-refractivity contribution in [3.05, 3.63) is 46.5 Å². The predicted octanol–water partition coefficient (Wildman–Crippen LogP) is 4.53. The normalized spacial score (nSPS) is 14.5. The van der Waals surface area contributed by atoms with Crippen LogP contribution >= 0.6 is 22.7 Å². The van der Waals surface area contributed by atoms with Gasteiger partial charge in [0.1, 0.15) is 0 Å². The van der Waals surface area contributed by atoms with E-state index in [9.17, 15) is 9.90 Å². The van der Waals surface area contributed by atoms with Crippen LogP contribution in [0.15, 0.2) is 30.3 Å². The smallest absolute Gasteiger partial charge is 0.355 e. The number of hydrogen-bond donors (Lipinski definition) is 3. The molecule has 1 aromatic carbocycles. The zero-order valence-corrected chi connectivity index (χ0v) is 19.8. The van der Waals surface area contributed by atoms with Crippen molar-refractivity contribution < 1.29 is 9.90 Å². The highest BCUT2D eigenvalue weighted by Gasteiger charge is 2.27. The van der Waals surface area contributed by atoms with Crippen LogP contribution in [0.3, 0.4) is 0 Å². The Morgan fingerprint density at radius 3 is 2.70 bits per heavy atom. The predicted molar refractivity (Wildman–Crippen MR) is 132 cm³/mol. The molecule has 33 heavy (non-hydrogen) atoms. The molecule has 3 N–H and O–H groups in total. The van der Waals surface area contributed by atoms with E-state index in [1.165, 1.54) is 11.3 Å². The van der Waals surface area contributed by atoms with Crippen molar-refractivity contribution in [2.45, 2.75) is 25.7 Å². The second kappa shape index (κ2) is 9.00. The first kappa shape index (κ1) is 21.7. The molecule has 1 fully saturated rings. The molecule has 11 heteroatoms. The maximum absolute atomic E-state index is 11.8. The minimum atomic E-state index is -0.989. The van der Waals surface area contributed by atoms with Gasteiger partial charge < -0.3 is 20.6 Å². The fraction of sp³-hybridized carbons (Fsp3) is 0.318. The Morgan fingerprint density at radius 2 is 1.97 bits per heavy atom. The van der Waals surface area contributed by atoms with Crippen molar-refractivity contribution in [1.82, 2.24) is 25.5 Å². The van der Waals surface area contributed by atoms with Gasteiger partial charge in [-0.25, -0.2) is 14.8 Å². The summed E-state index contributed by atoms with van der Waals surface area (Å²) in [5.41, 5.74) is 1.99. The molecule has 0 spiro atoms. The van der Waals surface area contributed by atoms with E-state index in [-0.39, 0.29) is 11.6 Å². The summed E-state index contributed by atoms with van der Waals surface area (Å²) >= 11 is 2.99. The number of carboxylic acid groups (broad SMARTS) is 1. The average molecular weight is 482 g/mol. The van der Waals surface area contributed by atoms with Crippen molar-refractivity contribution in [2.75, 3.05) is 30.4 Å².